The van der Waals surface area contributed by atoms with Crippen LogP contribution in [-0.2, 0) is 6.42 Å². The van der Waals surface area contributed by atoms with Crippen molar-refractivity contribution >= 4 is 11.8 Å². The summed E-state index contributed by atoms with van der Waals surface area (Å²) in [5.41, 5.74) is 2.09. The van der Waals surface area contributed by atoms with Crippen molar-refractivity contribution in [2.45, 2.75) is 25.8 Å². The van der Waals surface area contributed by atoms with Crippen LogP contribution >= 0.6 is 11.8 Å². The zero-order valence-corrected chi connectivity index (χ0v) is 11.3. The quantitative estimate of drug-likeness (QED) is 0.863. The summed E-state index contributed by atoms with van der Waals surface area (Å²) >= 11 is 1.88. The van der Waals surface area contributed by atoms with Crippen LogP contribution in [0, 0.1) is 11.7 Å². The van der Waals surface area contributed by atoms with E-state index in [0.717, 1.165) is 24.9 Å². The first-order valence-corrected chi connectivity index (χ1v) is 7.61. The van der Waals surface area contributed by atoms with Gasteiger partial charge in [-0.15, -0.1) is 0 Å². The second kappa shape index (κ2) is 5.87. The molecule has 2 unspecified atom stereocenters. The molecule has 1 aliphatic carbocycles. The summed E-state index contributed by atoms with van der Waals surface area (Å²) in [5, 5.41) is 3.57. The molecule has 0 radical (unpaired) electrons. The Morgan fingerprint density at radius 3 is 3.12 bits per heavy atom. The van der Waals surface area contributed by atoms with Crippen LogP contribution in [-0.4, -0.2) is 18.6 Å². The fraction of sp³-hybridized carbons (Fsp3) is 0.571. The van der Waals surface area contributed by atoms with Crippen LogP contribution in [0.25, 0.3) is 0 Å². The van der Waals surface area contributed by atoms with E-state index in [0.29, 0.717) is 12.0 Å². The van der Waals surface area contributed by atoms with E-state index in [4.69, 9.17) is 0 Å². The number of benzene rings is 1. The first kappa shape index (κ1) is 12.9. The third-order valence-electron chi connectivity index (χ3n) is 3.38. The van der Waals surface area contributed by atoms with Gasteiger partial charge in [-0.25, -0.2) is 4.39 Å². The molecule has 0 spiro atoms. The van der Waals surface area contributed by atoms with E-state index in [-0.39, 0.29) is 5.82 Å². The Morgan fingerprint density at radius 2 is 2.35 bits per heavy atom. The van der Waals surface area contributed by atoms with Crippen molar-refractivity contribution in [3.63, 3.8) is 0 Å². The number of hydrogen-bond acceptors (Lipinski definition) is 2. The third-order valence-corrected chi connectivity index (χ3v) is 4.28. The molecule has 0 saturated heterocycles. The second-order valence-electron chi connectivity index (χ2n) is 4.87. The zero-order chi connectivity index (χ0) is 12.3. The molecular weight excluding hydrogens is 233 g/mol. The van der Waals surface area contributed by atoms with Gasteiger partial charge in [-0.2, -0.15) is 11.8 Å². The molecule has 0 amide bonds. The van der Waals surface area contributed by atoms with Crippen molar-refractivity contribution in [2.75, 3.05) is 18.6 Å². The van der Waals surface area contributed by atoms with Crippen LogP contribution in [0.15, 0.2) is 18.2 Å². The molecule has 94 valence electrons. The number of thioether (sulfide) groups is 1. The van der Waals surface area contributed by atoms with Crippen LogP contribution in [0.3, 0.4) is 0 Å². The van der Waals surface area contributed by atoms with E-state index < -0.39 is 0 Å². The Kier molecular flexibility index (Phi) is 4.46. The standard InChI is InChI=1S/C14H20FNS/c1-10(9-17-2)8-16-14-7-6-11-12(14)4-3-5-13(11)15/h3-5,10,14,16H,6-9H2,1-2H3. The van der Waals surface area contributed by atoms with Gasteiger partial charge in [-0.1, -0.05) is 19.1 Å². The monoisotopic (exact) mass is 253 g/mol. The lowest BCUT2D eigenvalue weighted by atomic mass is 10.1. The zero-order valence-electron chi connectivity index (χ0n) is 10.5. The Hall–Kier alpha value is -0.540. The maximum Gasteiger partial charge on any atom is 0.126 e. The summed E-state index contributed by atoms with van der Waals surface area (Å²) in [6.45, 7) is 3.27. The minimum atomic E-state index is -0.0380. The molecule has 1 nitrogen and oxygen atoms in total. The number of halogens is 1. The van der Waals surface area contributed by atoms with Gasteiger partial charge in [0.25, 0.3) is 0 Å². The molecule has 17 heavy (non-hydrogen) atoms. The Bertz CT molecular complexity index is 380. The molecule has 2 atom stereocenters. The van der Waals surface area contributed by atoms with Crippen LogP contribution in [0.4, 0.5) is 4.39 Å². The summed E-state index contributed by atoms with van der Waals surface area (Å²) in [6.07, 6.45) is 4.04. The normalized spacial score (nSPS) is 20.3. The van der Waals surface area contributed by atoms with E-state index in [1.54, 1.807) is 6.07 Å². The fourth-order valence-electron chi connectivity index (χ4n) is 2.51. The van der Waals surface area contributed by atoms with Crippen molar-refractivity contribution in [2.24, 2.45) is 5.92 Å². The van der Waals surface area contributed by atoms with Gasteiger partial charge < -0.3 is 5.32 Å². The fourth-order valence-corrected chi connectivity index (χ4v) is 3.20. The van der Waals surface area contributed by atoms with E-state index in [1.807, 2.05) is 17.8 Å². The molecule has 1 aliphatic rings. The Morgan fingerprint density at radius 1 is 1.53 bits per heavy atom. The highest BCUT2D eigenvalue weighted by atomic mass is 32.2. The molecule has 0 saturated carbocycles. The van der Waals surface area contributed by atoms with Crippen LogP contribution in [0.2, 0.25) is 0 Å². The van der Waals surface area contributed by atoms with Crippen molar-refractivity contribution in [1.29, 1.82) is 0 Å². The predicted octanol–water partition coefficient (Wildman–Crippen LogP) is 3.40. The highest BCUT2D eigenvalue weighted by Gasteiger charge is 2.24. The minimum absolute atomic E-state index is 0.0380. The van der Waals surface area contributed by atoms with Crippen LogP contribution in [0.5, 0.6) is 0 Å². The maximum atomic E-state index is 13.6. The second-order valence-corrected chi connectivity index (χ2v) is 5.78. The van der Waals surface area contributed by atoms with Crippen LogP contribution < -0.4 is 5.32 Å². The molecule has 0 bridgehead atoms. The van der Waals surface area contributed by atoms with Crippen LogP contribution in [0.1, 0.15) is 30.5 Å². The largest absolute Gasteiger partial charge is 0.310 e. The lowest BCUT2D eigenvalue weighted by Crippen LogP contribution is -2.26. The van der Waals surface area contributed by atoms with E-state index in [9.17, 15) is 4.39 Å². The van der Waals surface area contributed by atoms with Crippen molar-refractivity contribution < 1.29 is 4.39 Å². The molecule has 1 N–H and O–H groups in total. The molecule has 2 rings (SSSR count). The maximum absolute atomic E-state index is 13.6. The summed E-state index contributed by atoms with van der Waals surface area (Å²) in [4.78, 5) is 0. The lowest BCUT2D eigenvalue weighted by Gasteiger charge is -2.17. The SMILES string of the molecule is CSCC(C)CNC1CCc2c(F)cccc21. The van der Waals surface area contributed by atoms with E-state index in [1.165, 1.54) is 11.3 Å². The lowest BCUT2D eigenvalue weighted by molar-refractivity contribution is 0.476. The number of fused-ring (bicyclic) bond motifs is 1. The molecule has 0 fully saturated rings. The third kappa shape index (κ3) is 3.02. The number of rotatable bonds is 5. The van der Waals surface area contributed by atoms with Gasteiger partial charge in [0.15, 0.2) is 0 Å². The average molecular weight is 253 g/mol. The van der Waals surface area contributed by atoms with Gasteiger partial charge in [-0.05, 0) is 54.5 Å². The van der Waals surface area contributed by atoms with Gasteiger partial charge in [0.05, 0.1) is 0 Å². The number of hydrogen-bond donors (Lipinski definition) is 1. The summed E-state index contributed by atoms with van der Waals surface area (Å²) in [5.74, 6) is 1.81. The predicted molar refractivity (Wildman–Crippen MR) is 73.0 cm³/mol. The highest BCUT2D eigenvalue weighted by molar-refractivity contribution is 7.98. The molecule has 0 heterocycles. The van der Waals surface area contributed by atoms with Gasteiger partial charge >= 0.3 is 0 Å². The van der Waals surface area contributed by atoms with E-state index >= 15 is 0 Å². The van der Waals surface area contributed by atoms with Crippen molar-refractivity contribution in [3.8, 4) is 0 Å². The highest BCUT2D eigenvalue weighted by Crippen LogP contribution is 2.32. The summed E-state index contributed by atoms with van der Waals surface area (Å²) in [6, 6.07) is 5.80. The Balaban J connectivity index is 1.96. The average Bonchev–Trinajstić information content (AvgIpc) is 2.72. The van der Waals surface area contributed by atoms with E-state index in [2.05, 4.69) is 24.6 Å². The van der Waals surface area contributed by atoms with Gasteiger partial charge in [0.2, 0.25) is 0 Å². The number of nitrogens with one attached hydrogen (secondary N) is 1. The molecule has 0 aliphatic heterocycles. The molecule has 3 heteroatoms. The van der Waals surface area contributed by atoms with Crippen molar-refractivity contribution in [1.82, 2.24) is 5.32 Å². The van der Waals surface area contributed by atoms with Gasteiger partial charge in [-0.3, -0.25) is 0 Å². The van der Waals surface area contributed by atoms with Gasteiger partial charge in [0, 0.05) is 6.04 Å². The summed E-state index contributed by atoms with van der Waals surface area (Å²) < 4.78 is 13.6. The Labute approximate surface area is 107 Å². The molecule has 1 aromatic rings. The van der Waals surface area contributed by atoms with Crippen molar-refractivity contribution in [3.05, 3.63) is 35.1 Å². The molecule has 1 aromatic carbocycles. The summed E-state index contributed by atoms with van der Waals surface area (Å²) in [7, 11) is 0. The molecular formula is C14H20FNS. The first-order valence-electron chi connectivity index (χ1n) is 6.22. The van der Waals surface area contributed by atoms with Gasteiger partial charge in [0.1, 0.15) is 5.82 Å². The molecule has 0 aromatic heterocycles. The topological polar surface area (TPSA) is 12.0 Å². The smallest absolute Gasteiger partial charge is 0.126 e. The minimum Gasteiger partial charge on any atom is -0.310 e. The first-order chi connectivity index (χ1) is 8.22.